The highest BCUT2D eigenvalue weighted by molar-refractivity contribution is 5.99. The van der Waals surface area contributed by atoms with E-state index in [1.165, 1.54) is 0 Å². The lowest BCUT2D eigenvalue weighted by Crippen LogP contribution is -2.68. The molecule has 20 heavy (non-hydrogen) atoms. The highest BCUT2D eigenvalue weighted by Crippen LogP contribution is 2.22. The van der Waals surface area contributed by atoms with E-state index in [-0.39, 0.29) is 11.8 Å². The maximum Gasteiger partial charge on any atom is 0.249 e. The first-order valence-corrected chi connectivity index (χ1v) is 6.79. The molecule has 0 aromatic carbocycles. The number of piperazine rings is 1. The Morgan fingerprint density at radius 3 is 2.75 bits per heavy atom. The Hall–Kier alpha value is -1.98. The van der Waals surface area contributed by atoms with Crippen LogP contribution in [0.3, 0.4) is 0 Å². The monoisotopic (exact) mass is 276 g/mol. The van der Waals surface area contributed by atoms with Crippen LogP contribution in [0.4, 0.5) is 0 Å². The van der Waals surface area contributed by atoms with E-state index in [4.69, 9.17) is 0 Å². The summed E-state index contributed by atoms with van der Waals surface area (Å²) >= 11 is 0. The molecule has 108 valence electrons. The van der Waals surface area contributed by atoms with Gasteiger partial charge in [-0.25, -0.2) is 9.97 Å². The van der Waals surface area contributed by atoms with Gasteiger partial charge in [0, 0.05) is 6.20 Å². The predicted molar refractivity (Wildman–Crippen MR) is 73.6 cm³/mol. The Labute approximate surface area is 118 Å². The van der Waals surface area contributed by atoms with Crippen molar-refractivity contribution in [1.82, 2.24) is 20.2 Å². The molecule has 1 aromatic heterocycles. The minimum absolute atomic E-state index is 0.0663. The fraction of sp³-hybridized carbons (Fsp3) is 0.571. The molecule has 0 radical (unpaired) electrons. The number of aromatic nitrogens is 2. The number of hydrogen-bond acceptors (Lipinski definition) is 4. The van der Waals surface area contributed by atoms with Gasteiger partial charge in [0.2, 0.25) is 11.8 Å². The Morgan fingerprint density at radius 2 is 2.15 bits per heavy atom. The zero-order valence-electron chi connectivity index (χ0n) is 12.3. The van der Waals surface area contributed by atoms with Crippen molar-refractivity contribution in [2.75, 3.05) is 0 Å². The van der Waals surface area contributed by atoms with Crippen molar-refractivity contribution < 1.29 is 9.59 Å². The predicted octanol–water partition coefficient (Wildman–Crippen LogP) is 0.801. The van der Waals surface area contributed by atoms with Crippen LogP contribution < -0.4 is 5.32 Å². The molecule has 6 nitrogen and oxygen atoms in total. The van der Waals surface area contributed by atoms with E-state index in [2.05, 4.69) is 15.3 Å². The maximum atomic E-state index is 12.6. The molecule has 2 amide bonds. The maximum absolute atomic E-state index is 12.6. The van der Waals surface area contributed by atoms with Gasteiger partial charge in [-0.05, 0) is 33.3 Å². The van der Waals surface area contributed by atoms with Gasteiger partial charge in [-0.15, -0.1) is 0 Å². The molecule has 6 heteroatoms. The molecule has 1 N–H and O–H groups in total. The normalized spacial score (nSPS) is 26.6. The summed E-state index contributed by atoms with van der Waals surface area (Å²) in [5.74, 6) is 0.463. The standard InChI is InChI=1S/C14H20N4O2/c1-5-14(4)13(20)18(9(2)12(19)17-14)8-11-6-7-15-10(3)16-11/h6-7,9H,5,8H2,1-4H3,(H,17,19). The SMILES string of the molecule is CCC1(C)NC(=O)C(C)N(Cc2ccnc(C)n2)C1=O. The second kappa shape index (κ2) is 5.19. The molecular weight excluding hydrogens is 256 g/mol. The number of rotatable bonds is 3. The Balaban J connectivity index is 2.28. The summed E-state index contributed by atoms with van der Waals surface area (Å²) in [4.78, 5) is 34.6. The topological polar surface area (TPSA) is 75.2 Å². The van der Waals surface area contributed by atoms with Gasteiger partial charge in [0.1, 0.15) is 17.4 Å². The highest BCUT2D eigenvalue weighted by atomic mass is 16.2. The van der Waals surface area contributed by atoms with Gasteiger partial charge in [-0.3, -0.25) is 9.59 Å². The van der Waals surface area contributed by atoms with Crippen molar-refractivity contribution in [2.45, 2.75) is 52.2 Å². The van der Waals surface area contributed by atoms with Crippen LogP contribution in [-0.4, -0.2) is 38.3 Å². The third-order valence-electron chi connectivity index (χ3n) is 3.85. The van der Waals surface area contributed by atoms with Gasteiger partial charge in [-0.1, -0.05) is 6.92 Å². The van der Waals surface area contributed by atoms with Gasteiger partial charge < -0.3 is 10.2 Å². The van der Waals surface area contributed by atoms with Crippen LogP contribution in [0, 0.1) is 6.92 Å². The van der Waals surface area contributed by atoms with Crippen molar-refractivity contribution in [1.29, 1.82) is 0 Å². The highest BCUT2D eigenvalue weighted by Gasteiger charge is 2.45. The molecule has 2 atom stereocenters. The molecule has 1 aliphatic heterocycles. The Morgan fingerprint density at radius 1 is 1.45 bits per heavy atom. The van der Waals surface area contributed by atoms with E-state index >= 15 is 0 Å². The molecule has 1 aliphatic rings. The molecule has 1 aromatic rings. The van der Waals surface area contributed by atoms with Crippen molar-refractivity contribution in [3.63, 3.8) is 0 Å². The molecule has 0 bridgehead atoms. The van der Waals surface area contributed by atoms with Crippen LogP contribution >= 0.6 is 0 Å². The fourth-order valence-corrected chi connectivity index (χ4v) is 2.28. The lowest BCUT2D eigenvalue weighted by Gasteiger charge is -2.42. The number of aryl methyl sites for hydroxylation is 1. The van der Waals surface area contributed by atoms with Gasteiger partial charge in [0.05, 0.1) is 12.2 Å². The van der Waals surface area contributed by atoms with Gasteiger partial charge in [-0.2, -0.15) is 0 Å². The average molecular weight is 276 g/mol. The van der Waals surface area contributed by atoms with E-state index < -0.39 is 11.6 Å². The number of carbonyl (C=O) groups excluding carboxylic acids is 2. The molecule has 2 rings (SSSR count). The zero-order valence-corrected chi connectivity index (χ0v) is 12.3. The van der Waals surface area contributed by atoms with Gasteiger partial charge in [0.15, 0.2) is 0 Å². The third kappa shape index (κ3) is 2.50. The summed E-state index contributed by atoms with van der Waals surface area (Å²) in [6.45, 7) is 7.51. The van der Waals surface area contributed by atoms with Gasteiger partial charge in [0.25, 0.3) is 0 Å². The van der Waals surface area contributed by atoms with Crippen LogP contribution in [0.15, 0.2) is 12.3 Å². The van der Waals surface area contributed by atoms with E-state index in [9.17, 15) is 9.59 Å². The van der Waals surface area contributed by atoms with Crippen molar-refractivity contribution in [3.8, 4) is 0 Å². The minimum Gasteiger partial charge on any atom is -0.340 e. The number of amides is 2. The van der Waals surface area contributed by atoms with Crippen molar-refractivity contribution in [2.24, 2.45) is 0 Å². The molecule has 0 aliphatic carbocycles. The molecular formula is C14H20N4O2. The largest absolute Gasteiger partial charge is 0.340 e. The molecule has 1 saturated heterocycles. The molecule has 1 fully saturated rings. The smallest absolute Gasteiger partial charge is 0.249 e. The van der Waals surface area contributed by atoms with Crippen LogP contribution in [0.5, 0.6) is 0 Å². The summed E-state index contributed by atoms with van der Waals surface area (Å²) in [5, 5.41) is 2.81. The second-order valence-corrected chi connectivity index (χ2v) is 5.38. The Bertz CT molecular complexity index is 546. The molecule has 0 saturated carbocycles. The fourth-order valence-electron chi connectivity index (χ4n) is 2.28. The molecule has 2 heterocycles. The average Bonchev–Trinajstić information content (AvgIpc) is 2.41. The summed E-state index contributed by atoms with van der Waals surface area (Å²) in [7, 11) is 0. The van der Waals surface area contributed by atoms with Crippen molar-refractivity contribution in [3.05, 3.63) is 23.8 Å². The van der Waals surface area contributed by atoms with Crippen LogP contribution in [-0.2, 0) is 16.1 Å². The van der Waals surface area contributed by atoms with Crippen LogP contribution in [0.1, 0.15) is 38.7 Å². The second-order valence-electron chi connectivity index (χ2n) is 5.38. The lowest BCUT2D eigenvalue weighted by molar-refractivity contribution is -0.154. The number of hydrogen-bond donors (Lipinski definition) is 1. The number of nitrogens with one attached hydrogen (secondary N) is 1. The van der Waals surface area contributed by atoms with Gasteiger partial charge >= 0.3 is 0 Å². The molecule has 0 spiro atoms. The van der Waals surface area contributed by atoms with Crippen molar-refractivity contribution >= 4 is 11.8 Å². The number of carbonyl (C=O) groups is 2. The first kappa shape index (κ1) is 14.4. The quantitative estimate of drug-likeness (QED) is 0.886. The van der Waals surface area contributed by atoms with E-state index in [0.29, 0.717) is 18.8 Å². The van der Waals surface area contributed by atoms with Crippen LogP contribution in [0.2, 0.25) is 0 Å². The zero-order chi connectivity index (χ0) is 14.9. The lowest BCUT2D eigenvalue weighted by atomic mass is 9.92. The molecule has 2 unspecified atom stereocenters. The summed E-state index contributed by atoms with van der Waals surface area (Å²) < 4.78 is 0. The van der Waals surface area contributed by atoms with E-state index in [1.807, 2.05) is 6.92 Å². The first-order valence-electron chi connectivity index (χ1n) is 6.79. The minimum atomic E-state index is -0.828. The third-order valence-corrected chi connectivity index (χ3v) is 3.85. The number of nitrogens with zero attached hydrogens (tertiary/aromatic N) is 3. The Kier molecular flexibility index (Phi) is 3.74. The van der Waals surface area contributed by atoms with E-state index in [0.717, 1.165) is 5.69 Å². The first-order chi connectivity index (χ1) is 9.37. The summed E-state index contributed by atoms with van der Waals surface area (Å²) in [6, 6.07) is 1.28. The van der Waals surface area contributed by atoms with E-state index in [1.54, 1.807) is 37.9 Å². The summed E-state index contributed by atoms with van der Waals surface area (Å²) in [5.41, 5.74) is -0.0862. The van der Waals surface area contributed by atoms with Crippen LogP contribution in [0.25, 0.3) is 0 Å². The summed E-state index contributed by atoms with van der Waals surface area (Å²) in [6.07, 6.45) is 2.22.